The molecule has 1 N–H and O–H groups in total. The van der Waals surface area contributed by atoms with Crippen molar-refractivity contribution < 1.29 is 9.84 Å². The largest absolute Gasteiger partial charge is 0.496 e. The lowest BCUT2D eigenvalue weighted by Crippen LogP contribution is -2.53. The highest BCUT2D eigenvalue weighted by atomic mass is 16.5. The van der Waals surface area contributed by atoms with Gasteiger partial charge in [-0.25, -0.2) is 0 Å². The van der Waals surface area contributed by atoms with Crippen molar-refractivity contribution in [3.05, 3.63) is 23.0 Å². The SMILES string of the molecule is CCC(CC)(C(O)Cc1ncc(C)c(OC)c1C)N(C)C. The second kappa shape index (κ2) is 7.23. The van der Waals surface area contributed by atoms with Crippen LogP contribution < -0.4 is 4.74 Å². The second-order valence-electron chi connectivity index (χ2n) is 5.97. The van der Waals surface area contributed by atoms with Gasteiger partial charge >= 0.3 is 0 Å². The minimum atomic E-state index is -0.457. The van der Waals surface area contributed by atoms with Crippen LogP contribution in [0.3, 0.4) is 0 Å². The molecule has 4 nitrogen and oxygen atoms in total. The molecule has 0 radical (unpaired) electrons. The Hall–Kier alpha value is -1.13. The van der Waals surface area contributed by atoms with Crippen molar-refractivity contribution in [3.63, 3.8) is 0 Å². The Labute approximate surface area is 129 Å². The predicted molar refractivity (Wildman–Crippen MR) is 87.0 cm³/mol. The first-order chi connectivity index (χ1) is 9.83. The number of hydrogen-bond donors (Lipinski definition) is 1. The zero-order valence-electron chi connectivity index (χ0n) is 14.5. The average Bonchev–Trinajstić information content (AvgIpc) is 2.44. The number of nitrogens with zero attached hydrogens (tertiary/aromatic N) is 2. The Morgan fingerprint density at radius 3 is 2.29 bits per heavy atom. The first-order valence-corrected chi connectivity index (χ1v) is 7.68. The number of aliphatic hydroxyl groups is 1. The Balaban J connectivity index is 3.10. The van der Waals surface area contributed by atoms with Gasteiger partial charge in [-0.15, -0.1) is 0 Å². The summed E-state index contributed by atoms with van der Waals surface area (Å²) in [6, 6.07) is 0. The third-order valence-corrected chi connectivity index (χ3v) is 4.87. The molecule has 0 amide bonds. The zero-order chi connectivity index (χ0) is 16.2. The maximum absolute atomic E-state index is 10.8. The van der Waals surface area contributed by atoms with Gasteiger partial charge in [0.05, 0.1) is 13.2 Å². The van der Waals surface area contributed by atoms with Gasteiger partial charge in [-0.2, -0.15) is 0 Å². The lowest BCUT2D eigenvalue weighted by molar-refractivity contribution is -0.0131. The minimum Gasteiger partial charge on any atom is -0.496 e. The third kappa shape index (κ3) is 3.38. The smallest absolute Gasteiger partial charge is 0.128 e. The van der Waals surface area contributed by atoms with Crippen LogP contribution in [0.5, 0.6) is 5.75 Å². The maximum Gasteiger partial charge on any atom is 0.128 e. The molecular formula is C17H30N2O2. The standard InChI is InChI=1S/C17H30N2O2/c1-8-17(9-2,19(5)6)15(20)10-14-13(4)16(21-7)12(3)11-18-14/h11,15,20H,8-10H2,1-7H3. The molecule has 0 bridgehead atoms. The molecule has 1 heterocycles. The molecule has 1 aromatic rings. The highest BCUT2D eigenvalue weighted by Crippen LogP contribution is 2.30. The van der Waals surface area contributed by atoms with E-state index in [0.29, 0.717) is 6.42 Å². The van der Waals surface area contributed by atoms with E-state index in [-0.39, 0.29) is 5.54 Å². The monoisotopic (exact) mass is 294 g/mol. The molecule has 0 fully saturated rings. The maximum atomic E-state index is 10.8. The topological polar surface area (TPSA) is 45.6 Å². The summed E-state index contributed by atoms with van der Waals surface area (Å²) in [6.07, 6.45) is 3.71. The van der Waals surface area contributed by atoms with Gasteiger partial charge in [0.15, 0.2) is 0 Å². The van der Waals surface area contributed by atoms with Gasteiger partial charge in [-0.1, -0.05) is 13.8 Å². The number of methoxy groups -OCH3 is 1. The number of aliphatic hydroxyl groups excluding tert-OH is 1. The Morgan fingerprint density at radius 2 is 1.86 bits per heavy atom. The quantitative estimate of drug-likeness (QED) is 0.840. The van der Waals surface area contributed by atoms with Crippen LogP contribution in [0.25, 0.3) is 0 Å². The molecule has 1 aromatic heterocycles. The molecule has 0 spiro atoms. The van der Waals surface area contributed by atoms with Crippen LogP contribution in [-0.2, 0) is 6.42 Å². The van der Waals surface area contributed by atoms with Crippen LogP contribution in [0.1, 0.15) is 43.5 Å². The number of likely N-dealkylation sites (N-methyl/N-ethyl adjacent to an activating group) is 1. The molecule has 0 aromatic carbocycles. The first kappa shape index (κ1) is 17.9. The third-order valence-electron chi connectivity index (χ3n) is 4.87. The average molecular weight is 294 g/mol. The molecule has 0 aliphatic rings. The van der Waals surface area contributed by atoms with E-state index in [0.717, 1.165) is 35.4 Å². The Morgan fingerprint density at radius 1 is 1.29 bits per heavy atom. The molecule has 4 heteroatoms. The molecular weight excluding hydrogens is 264 g/mol. The lowest BCUT2D eigenvalue weighted by Gasteiger charge is -2.42. The van der Waals surface area contributed by atoms with Gasteiger partial charge in [0.2, 0.25) is 0 Å². The Kier molecular flexibility index (Phi) is 6.17. The summed E-state index contributed by atoms with van der Waals surface area (Å²) in [5, 5.41) is 10.8. The van der Waals surface area contributed by atoms with E-state index >= 15 is 0 Å². The van der Waals surface area contributed by atoms with Crippen LogP contribution in [0, 0.1) is 13.8 Å². The highest BCUT2D eigenvalue weighted by Gasteiger charge is 2.37. The zero-order valence-corrected chi connectivity index (χ0v) is 14.5. The fourth-order valence-electron chi connectivity index (χ4n) is 3.30. The first-order valence-electron chi connectivity index (χ1n) is 7.68. The van der Waals surface area contributed by atoms with Crippen molar-refractivity contribution >= 4 is 0 Å². The molecule has 1 rings (SSSR count). The summed E-state index contributed by atoms with van der Waals surface area (Å²) < 4.78 is 5.45. The van der Waals surface area contributed by atoms with E-state index < -0.39 is 6.10 Å². The summed E-state index contributed by atoms with van der Waals surface area (Å²) in [5.74, 6) is 0.871. The number of aryl methyl sites for hydroxylation is 1. The minimum absolute atomic E-state index is 0.216. The molecule has 0 saturated carbocycles. The van der Waals surface area contributed by atoms with Gasteiger partial charge in [0.25, 0.3) is 0 Å². The van der Waals surface area contributed by atoms with Gasteiger partial charge in [0.1, 0.15) is 5.75 Å². The van der Waals surface area contributed by atoms with Crippen LogP contribution in [0.2, 0.25) is 0 Å². The van der Waals surface area contributed by atoms with Crippen LogP contribution >= 0.6 is 0 Å². The van der Waals surface area contributed by atoms with E-state index in [4.69, 9.17) is 4.74 Å². The summed E-state index contributed by atoms with van der Waals surface area (Å²) >= 11 is 0. The number of rotatable bonds is 7. The van der Waals surface area contributed by atoms with E-state index in [1.807, 2.05) is 34.1 Å². The number of aromatic nitrogens is 1. The van der Waals surface area contributed by atoms with Crippen molar-refractivity contribution in [1.82, 2.24) is 9.88 Å². The molecule has 0 aliphatic heterocycles. The number of ether oxygens (including phenoxy) is 1. The van der Waals surface area contributed by atoms with Crippen LogP contribution in [0.15, 0.2) is 6.20 Å². The van der Waals surface area contributed by atoms with Crippen molar-refractivity contribution in [3.8, 4) is 5.75 Å². The van der Waals surface area contributed by atoms with E-state index in [1.165, 1.54) is 0 Å². The molecule has 0 aliphatic carbocycles. The fourth-order valence-corrected chi connectivity index (χ4v) is 3.30. The summed E-state index contributed by atoms with van der Waals surface area (Å²) in [6.45, 7) is 8.25. The summed E-state index contributed by atoms with van der Waals surface area (Å²) in [4.78, 5) is 6.65. The van der Waals surface area contributed by atoms with Crippen molar-refractivity contribution in [2.24, 2.45) is 0 Å². The Bertz CT molecular complexity index is 468. The van der Waals surface area contributed by atoms with E-state index in [2.05, 4.69) is 23.7 Å². The van der Waals surface area contributed by atoms with Crippen LogP contribution in [-0.4, -0.2) is 47.8 Å². The molecule has 1 unspecified atom stereocenters. The molecule has 120 valence electrons. The molecule has 1 atom stereocenters. The van der Waals surface area contributed by atoms with Crippen molar-refractivity contribution in [2.75, 3.05) is 21.2 Å². The summed E-state index contributed by atoms with van der Waals surface area (Å²) in [5.41, 5.74) is 2.75. The fraction of sp³-hybridized carbons (Fsp3) is 0.706. The van der Waals surface area contributed by atoms with Gasteiger partial charge in [-0.3, -0.25) is 4.98 Å². The van der Waals surface area contributed by atoms with E-state index in [9.17, 15) is 5.11 Å². The lowest BCUT2D eigenvalue weighted by atomic mass is 9.82. The number of hydrogen-bond acceptors (Lipinski definition) is 4. The predicted octanol–water partition coefficient (Wildman–Crippen LogP) is 2.73. The van der Waals surface area contributed by atoms with Gasteiger partial charge in [-0.05, 0) is 40.8 Å². The molecule has 0 saturated heterocycles. The number of pyridine rings is 1. The summed E-state index contributed by atoms with van der Waals surface area (Å²) in [7, 11) is 5.75. The highest BCUT2D eigenvalue weighted by molar-refractivity contribution is 5.41. The molecule has 21 heavy (non-hydrogen) atoms. The van der Waals surface area contributed by atoms with Crippen molar-refractivity contribution in [1.29, 1.82) is 0 Å². The van der Waals surface area contributed by atoms with E-state index in [1.54, 1.807) is 7.11 Å². The normalized spacial score (nSPS) is 13.6. The second-order valence-corrected chi connectivity index (χ2v) is 5.97. The van der Waals surface area contributed by atoms with Crippen molar-refractivity contribution in [2.45, 2.75) is 58.6 Å². The van der Waals surface area contributed by atoms with Gasteiger partial charge in [0, 0.05) is 35.0 Å². The van der Waals surface area contributed by atoms with Crippen LogP contribution in [0.4, 0.5) is 0 Å². The van der Waals surface area contributed by atoms with Gasteiger partial charge < -0.3 is 14.7 Å².